The molecule has 0 radical (unpaired) electrons. The van der Waals surface area contributed by atoms with Crippen molar-refractivity contribution in [3.05, 3.63) is 4.88 Å². The molecule has 1 aliphatic heterocycles. The predicted octanol–water partition coefficient (Wildman–Crippen LogP) is 0.663. The molecule has 2 rings (SSSR count). The van der Waals surface area contributed by atoms with Gasteiger partial charge in [-0.05, 0) is 20.8 Å². The van der Waals surface area contributed by atoms with Gasteiger partial charge in [0, 0.05) is 31.7 Å². The molecule has 1 amide bonds. The summed E-state index contributed by atoms with van der Waals surface area (Å²) in [6, 6.07) is 0. The number of hydrogen-bond donors (Lipinski definition) is 3. The maximum atomic E-state index is 12.1. The Morgan fingerprint density at radius 1 is 1.42 bits per heavy atom. The van der Waals surface area contributed by atoms with Crippen LogP contribution in [0, 0.1) is 0 Å². The third kappa shape index (κ3) is 3.57. The van der Waals surface area contributed by atoms with Crippen LogP contribution in [0.1, 0.15) is 30.4 Å². The molecule has 1 fully saturated rings. The van der Waals surface area contributed by atoms with Crippen molar-refractivity contribution in [2.75, 3.05) is 36.8 Å². The Labute approximate surface area is 117 Å². The van der Waals surface area contributed by atoms with Crippen molar-refractivity contribution < 1.29 is 4.79 Å². The van der Waals surface area contributed by atoms with Gasteiger partial charge in [0.2, 0.25) is 0 Å². The molecule has 6 nitrogen and oxygen atoms in total. The summed E-state index contributed by atoms with van der Waals surface area (Å²) in [6.45, 7) is 9.49. The smallest absolute Gasteiger partial charge is 0.265 e. The highest BCUT2D eigenvalue weighted by Crippen LogP contribution is 2.28. The Bertz CT molecular complexity index is 459. The lowest BCUT2D eigenvalue weighted by Gasteiger charge is -2.26. The molecular weight excluding hydrogens is 262 g/mol. The van der Waals surface area contributed by atoms with E-state index in [1.54, 1.807) is 0 Å². The molecule has 1 aliphatic rings. The number of nitrogens with two attached hydrogens (primary N) is 1. The summed E-state index contributed by atoms with van der Waals surface area (Å²) in [5.74, 6) is 0.171. The van der Waals surface area contributed by atoms with Crippen LogP contribution in [0.3, 0.4) is 0 Å². The van der Waals surface area contributed by atoms with E-state index >= 15 is 0 Å². The lowest BCUT2D eigenvalue weighted by atomic mass is 10.1. The molecular formula is C12H21N5OS. The van der Waals surface area contributed by atoms with Gasteiger partial charge < -0.3 is 21.3 Å². The number of rotatable bonds is 2. The van der Waals surface area contributed by atoms with Crippen LogP contribution in [0.5, 0.6) is 0 Å². The van der Waals surface area contributed by atoms with E-state index in [2.05, 4.69) is 20.5 Å². The normalized spacial score (nSPS) is 16.5. The fourth-order valence-electron chi connectivity index (χ4n) is 1.87. The van der Waals surface area contributed by atoms with E-state index in [4.69, 9.17) is 5.73 Å². The fraction of sp³-hybridized carbons (Fsp3) is 0.667. The average molecular weight is 283 g/mol. The average Bonchev–Trinajstić information content (AvgIpc) is 2.70. The molecule has 1 aromatic rings. The highest BCUT2D eigenvalue weighted by Gasteiger charge is 2.23. The second-order valence-electron chi connectivity index (χ2n) is 5.65. The summed E-state index contributed by atoms with van der Waals surface area (Å²) in [7, 11) is 0. The summed E-state index contributed by atoms with van der Waals surface area (Å²) >= 11 is 1.36. The summed E-state index contributed by atoms with van der Waals surface area (Å²) in [4.78, 5) is 19.1. The van der Waals surface area contributed by atoms with Crippen molar-refractivity contribution in [2.24, 2.45) is 0 Å². The number of aromatic nitrogens is 1. The topological polar surface area (TPSA) is 83.3 Å². The summed E-state index contributed by atoms with van der Waals surface area (Å²) < 4.78 is 0. The number of piperazine rings is 1. The molecule has 0 bridgehead atoms. The van der Waals surface area contributed by atoms with Crippen LogP contribution in [-0.4, -0.2) is 42.6 Å². The van der Waals surface area contributed by atoms with Crippen LogP contribution in [-0.2, 0) is 0 Å². The molecule has 1 aromatic heterocycles. The van der Waals surface area contributed by atoms with Crippen LogP contribution in [0.25, 0.3) is 0 Å². The number of anilines is 2. The summed E-state index contributed by atoms with van der Waals surface area (Å²) in [5.41, 5.74) is 5.59. The number of nitrogens with zero attached hydrogens (tertiary/aromatic N) is 2. The Morgan fingerprint density at radius 3 is 2.63 bits per heavy atom. The number of nitrogens with one attached hydrogen (secondary N) is 2. The number of carbonyl (C=O) groups excluding carboxylic acids is 1. The summed E-state index contributed by atoms with van der Waals surface area (Å²) in [5, 5.41) is 7.03. The van der Waals surface area contributed by atoms with Crippen molar-refractivity contribution in [1.82, 2.24) is 15.6 Å². The highest BCUT2D eigenvalue weighted by atomic mass is 32.1. The number of hydrogen-bond acceptors (Lipinski definition) is 6. The molecule has 0 unspecified atom stereocenters. The van der Waals surface area contributed by atoms with E-state index in [0.717, 1.165) is 31.3 Å². The SMILES string of the molecule is CC(C)(C)NC(=O)c1sc(N2CCNCC2)nc1N. The van der Waals surface area contributed by atoms with E-state index in [0.29, 0.717) is 10.7 Å². The fourth-order valence-corrected chi connectivity index (χ4v) is 2.80. The minimum absolute atomic E-state index is 0.149. The minimum atomic E-state index is -0.275. The van der Waals surface area contributed by atoms with Crippen LogP contribution >= 0.6 is 11.3 Å². The zero-order valence-corrected chi connectivity index (χ0v) is 12.4. The lowest BCUT2D eigenvalue weighted by molar-refractivity contribution is 0.0924. The van der Waals surface area contributed by atoms with Gasteiger partial charge >= 0.3 is 0 Å². The number of amides is 1. The van der Waals surface area contributed by atoms with E-state index in [1.807, 2.05) is 20.8 Å². The minimum Gasteiger partial charge on any atom is -0.382 e. The molecule has 19 heavy (non-hydrogen) atoms. The van der Waals surface area contributed by atoms with E-state index in [-0.39, 0.29) is 11.4 Å². The number of nitrogen functional groups attached to an aromatic ring is 1. The van der Waals surface area contributed by atoms with Gasteiger partial charge in [0.1, 0.15) is 10.7 Å². The molecule has 0 aromatic carbocycles. The van der Waals surface area contributed by atoms with E-state index < -0.39 is 0 Å². The van der Waals surface area contributed by atoms with Crippen LogP contribution < -0.4 is 21.3 Å². The molecule has 4 N–H and O–H groups in total. The van der Waals surface area contributed by atoms with Gasteiger partial charge in [-0.3, -0.25) is 4.79 Å². The molecule has 0 saturated carbocycles. The number of thiazole rings is 1. The molecule has 0 atom stereocenters. The van der Waals surface area contributed by atoms with Gasteiger partial charge in [0.05, 0.1) is 0 Å². The van der Waals surface area contributed by atoms with Gasteiger partial charge in [-0.1, -0.05) is 11.3 Å². The molecule has 0 aliphatic carbocycles. The van der Waals surface area contributed by atoms with Gasteiger partial charge in [-0.2, -0.15) is 0 Å². The quantitative estimate of drug-likeness (QED) is 0.743. The molecule has 2 heterocycles. The highest BCUT2D eigenvalue weighted by molar-refractivity contribution is 7.18. The predicted molar refractivity (Wildman–Crippen MR) is 78.8 cm³/mol. The van der Waals surface area contributed by atoms with Gasteiger partial charge in [0.15, 0.2) is 5.13 Å². The Balaban J connectivity index is 2.14. The van der Waals surface area contributed by atoms with Crippen molar-refractivity contribution in [1.29, 1.82) is 0 Å². The summed E-state index contributed by atoms with van der Waals surface area (Å²) in [6.07, 6.45) is 0. The van der Waals surface area contributed by atoms with Crippen molar-refractivity contribution in [2.45, 2.75) is 26.3 Å². The first kappa shape index (κ1) is 14.1. The maximum absolute atomic E-state index is 12.1. The van der Waals surface area contributed by atoms with Crippen molar-refractivity contribution >= 4 is 28.2 Å². The Kier molecular flexibility index (Phi) is 3.96. The first-order chi connectivity index (χ1) is 8.87. The first-order valence-corrected chi connectivity index (χ1v) is 7.23. The number of carbonyl (C=O) groups is 1. The standard InChI is InChI=1S/C12H21N5OS/c1-12(2,3)16-10(18)8-9(13)15-11(19-8)17-6-4-14-5-7-17/h14H,4-7,13H2,1-3H3,(H,16,18). The zero-order valence-electron chi connectivity index (χ0n) is 11.6. The maximum Gasteiger partial charge on any atom is 0.265 e. The monoisotopic (exact) mass is 283 g/mol. The van der Waals surface area contributed by atoms with E-state index in [1.165, 1.54) is 11.3 Å². The molecule has 106 valence electrons. The largest absolute Gasteiger partial charge is 0.382 e. The van der Waals surface area contributed by atoms with E-state index in [9.17, 15) is 4.79 Å². The Morgan fingerprint density at radius 2 is 2.05 bits per heavy atom. The first-order valence-electron chi connectivity index (χ1n) is 6.41. The Hall–Kier alpha value is -1.34. The molecule has 1 saturated heterocycles. The second kappa shape index (κ2) is 5.34. The third-order valence-electron chi connectivity index (χ3n) is 2.72. The van der Waals surface area contributed by atoms with Crippen molar-refractivity contribution in [3.63, 3.8) is 0 Å². The molecule has 0 spiro atoms. The van der Waals surface area contributed by atoms with Gasteiger partial charge in [-0.15, -0.1) is 0 Å². The zero-order chi connectivity index (χ0) is 14.0. The second-order valence-corrected chi connectivity index (χ2v) is 6.63. The molecule has 7 heteroatoms. The lowest BCUT2D eigenvalue weighted by Crippen LogP contribution is -2.43. The van der Waals surface area contributed by atoms with Gasteiger partial charge in [-0.25, -0.2) is 4.98 Å². The van der Waals surface area contributed by atoms with Crippen LogP contribution in [0.2, 0.25) is 0 Å². The third-order valence-corrected chi connectivity index (χ3v) is 3.86. The van der Waals surface area contributed by atoms with Crippen LogP contribution in [0.4, 0.5) is 10.9 Å². The van der Waals surface area contributed by atoms with Crippen LogP contribution in [0.15, 0.2) is 0 Å². The van der Waals surface area contributed by atoms with Gasteiger partial charge in [0.25, 0.3) is 5.91 Å². The van der Waals surface area contributed by atoms with Crippen molar-refractivity contribution in [3.8, 4) is 0 Å².